The molecule has 0 bridgehead atoms. The van der Waals surface area contributed by atoms with E-state index in [-0.39, 0.29) is 6.61 Å². The first-order valence-electron chi connectivity index (χ1n) is 8.15. The van der Waals surface area contributed by atoms with Crippen LogP contribution in [-0.4, -0.2) is 17.8 Å². The van der Waals surface area contributed by atoms with Crippen LogP contribution < -0.4 is 10.5 Å². The van der Waals surface area contributed by atoms with Crippen molar-refractivity contribution in [2.75, 3.05) is 6.93 Å². The Balaban J connectivity index is 0.000000665. The van der Waals surface area contributed by atoms with Crippen molar-refractivity contribution in [2.24, 2.45) is 5.73 Å². The van der Waals surface area contributed by atoms with Crippen LogP contribution in [0.5, 0.6) is 5.75 Å². The summed E-state index contributed by atoms with van der Waals surface area (Å²) in [6.45, 7) is 4.18. The predicted octanol–water partition coefficient (Wildman–Crippen LogP) is 5.33. The van der Waals surface area contributed by atoms with E-state index in [0.717, 1.165) is 15.0 Å². The summed E-state index contributed by atoms with van der Waals surface area (Å²) in [6, 6.07) is 8.68. The van der Waals surface area contributed by atoms with Gasteiger partial charge in [0.1, 0.15) is 12.4 Å². The summed E-state index contributed by atoms with van der Waals surface area (Å²) >= 11 is 1.51. The van der Waals surface area contributed by atoms with E-state index in [0.29, 0.717) is 16.9 Å². The van der Waals surface area contributed by atoms with E-state index in [1.807, 2.05) is 26.8 Å². The lowest BCUT2D eigenvalue weighted by atomic mass is 10.1. The normalized spacial score (nSPS) is 9.70. The lowest BCUT2D eigenvalue weighted by molar-refractivity contribution is 0.100. The van der Waals surface area contributed by atoms with Gasteiger partial charge >= 0.3 is 0 Å². The van der Waals surface area contributed by atoms with Crippen LogP contribution in [0.1, 0.15) is 34.6 Å². The zero-order valence-electron chi connectivity index (χ0n) is 15.3. The standard InChI is InChI=1S/C16H13FN2O2S.C2H6.CH2F2/c1-9-14(16(18)20)12-7-11(4-5-13(12)22-9)21-8-10-3-2-6-19-15(10)17;1-2;2-1-3/h2-7H,8H2,1H3,(H2,18,20);1-2H3;1H2. The number of halogens is 3. The molecule has 0 aliphatic carbocycles. The van der Waals surface area contributed by atoms with Crippen molar-refractivity contribution in [3.05, 3.63) is 58.5 Å². The summed E-state index contributed by atoms with van der Waals surface area (Å²) < 4.78 is 39.3. The number of amides is 1. The van der Waals surface area contributed by atoms with Crippen LogP contribution in [0.3, 0.4) is 0 Å². The summed E-state index contributed by atoms with van der Waals surface area (Å²) in [7, 11) is 0. The number of hydrogen-bond donors (Lipinski definition) is 1. The number of alkyl halides is 2. The molecule has 2 aromatic heterocycles. The van der Waals surface area contributed by atoms with Crippen LogP contribution in [0.4, 0.5) is 13.2 Å². The molecule has 0 radical (unpaired) electrons. The number of carbonyl (C=O) groups excluding carboxylic acids is 1. The second kappa shape index (κ2) is 11.2. The van der Waals surface area contributed by atoms with E-state index >= 15 is 0 Å². The molecule has 0 atom stereocenters. The molecule has 0 fully saturated rings. The molecule has 0 aliphatic rings. The summed E-state index contributed by atoms with van der Waals surface area (Å²) in [4.78, 5) is 16.0. The minimum atomic E-state index is -1.75. The molecule has 2 N–H and O–H groups in total. The van der Waals surface area contributed by atoms with Crippen LogP contribution in [0, 0.1) is 12.9 Å². The van der Waals surface area contributed by atoms with Crippen molar-refractivity contribution >= 4 is 27.3 Å². The number of thiophene rings is 1. The highest BCUT2D eigenvalue weighted by Gasteiger charge is 2.14. The molecule has 146 valence electrons. The number of nitrogens with zero attached hydrogens (tertiary/aromatic N) is 1. The molecule has 4 nitrogen and oxygen atoms in total. The highest BCUT2D eigenvalue weighted by Crippen LogP contribution is 2.33. The number of pyridine rings is 1. The Morgan fingerprint density at radius 3 is 2.52 bits per heavy atom. The minimum absolute atomic E-state index is 0.0696. The monoisotopic (exact) mass is 398 g/mol. The Morgan fingerprint density at radius 2 is 1.93 bits per heavy atom. The zero-order chi connectivity index (χ0) is 20.4. The molecule has 0 aliphatic heterocycles. The van der Waals surface area contributed by atoms with Gasteiger partial charge in [0.15, 0.2) is 0 Å². The van der Waals surface area contributed by atoms with Gasteiger partial charge < -0.3 is 10.5 Å². The Hall–Kier alpha value is -2.61. The van der Waals surface area contributed by atoms with Crippen LogP contribution in [0.2, 0.25) is 0 Å². The number of carbonyl (C=O) groups is 1. The molecule has 1 aromatic carbocycles. The van der Waals surface area contributed by atoms with Crippen molar-refractivity contribution in [1.82, 2.24) is 4.98 Å². The van der Waals surface area contributed by atoms with Gasteiger partial charge in [-0.25, -0.2) is 13.8 Å². The van der Waals surface area contributed by atoms with Crippen molar-refractivity contribution in [2.45, 2.75) is 27.4 Å². The smallest absolute Gasteiger partial charge is 0.250 e. The van der Waals surface area contributed by atoms with E-state index < -0.39 is 18.8 Å². The van der Waals surface area contributed by atoms with Gasteiger partial charge in [-0.3, -0.25) is 4.79 Å². The Kier molecular flexibility index (Phi) is 9.29. The molecule has 3 rings (SSSR count). The largest absolute Gasteiger partial charge is 0.489 e. The van der Waals surface area contributed by atoms with Crippen molar-refractivity contribution in [3.63, 3.8) is 0 Å². The van der Waals surface area contributed by atoms with E-state index in [1.54, 1.807) is 24.3 Å². The maximum atomic E-state index is 13.5. The summed E-state index contributed by atoms with van der Waals surface area (Å²) in [6.07, 6.45) is 1.39. The molecule has 27 heavy (non-hydrogen) atoms. The second-order valence-electron chi connectivity index (χ2n) is 4.90. The summed E-state index contributed by atoms with van der Waals surface area (Å²) in [5.74, 6) is -0.456. The maximum absolute atomic E-state index is 13.5. The number of aryl methyl sites for hydroxylation is 1. The molecule has 0 unspecified atom stereocenters. The van der Waals surface area contributed by atoms with Crippen LogP contribution >= 0.6 is 11.3 Å². The number of aromatic nitrogens is 1. The third-order valence-electron chi connectivity index (χ3n) is 3.31. The third kappa shape index (κ3) is 5.96. The van der Waals surface area contributed by atoms with Crippen molar-refractivity contribution in [3.8, 4) is 5.75 Å². The van der Waals surface area contributed by atoms with Crippen molar-refractivity contribution < 1.29 is 22.7 Å². The molecule has 0 saturated carbocycles. The Bertz CT molecular complexity index is 885. The van der Waals surface area contributed by atoms with Crippen molar-refractivity contribution in [1.29, 1.82) is 0 Å². The second-order valence-corrected chi connectivity index (χ2v) is 6.15. The fraction of sp³-hybridized carbons (Fsp3) is 0.263. The highest BCUT2D eigenvalue weighted by molar-refractivity contribution is 7.19. The van der Waals surface area contributed by atoms with Gasteiger partial charge in [-0.1, -0.05) is 13.8 Å². The fourth-order valence-corrected chi connectivity index (χ4v) is 3.33. The highest BCUT2D eigenvalue weighted by atomic mass is 32.1. The SMILES string of the molecule is CC.Cc1sc2ccc(OCc3cccnc3F)cc2c1C(N)=O.FCF. The average molecular weight is 398 g/mol. The van der Waals surface area contributed by atoms with Crippen LogP contribution in [0.25, 0.3) is 10.1 Å². The number of hydrogen-bond acceptors (Lipinski definition) is 4. The lowest BCUT2D eigenvalue weighted by Gasteiger charge is -2.07. The molecule has 2 heterocycles. The molecule has 0 saturated heterocycles. The molecule has 8 heteroatoms. The van der Waals surface area contributed by atoms with Gasteiger partial charge in [-0.05, 0) is 37.3 Å². The number of nitrogens with two attached hydrogens (primary N) is 1. The fourth-order valence-electron chi connectivity index (χ4n) is 2.28. The zero-order valence-corrected chi connectivity index (χ0v) is 16.1. The van der Waals surface area contributed by atoms with Gasteiger partial charge in [-0.2, -0.15) is 4.39 Å². The number of benzene rings is 1. The third-order valence-corrected chi connectivity index (χ3v) is 4.40. The molecule has 0 spiro atoms. The van der Waals surface area contributed by atoms with Crippen LogP contribution in [0.15, 0.2) is 36.5 Å². The first kappa shape index (κ1) is 22.4. The number of rotatable bonds is 4. The molecule has 1 amide bonds. The molecular weight excluding hydrogens is 377 g/mol. The molecular formula is C19H21F3N2O2S. The van der Waals surface area contributed by atoms with Gasteiger partial charge in [0.25, 0.3) is 0 Å². The van der Waals surface area contributed by atoms with Gasteiger partial charge in [-0.15, -0.1) is 11.3 Å². The quantitative estimate of drug-likeness (QED) is 0.604. The van der Waals surface area contributed by atoms with E-state index in [9.17, 15) is 18.0 Å². The van der Waals surface area contributed by atoms with Gasteiger partial charge in [0.05, 0.1) is 5.56 Å². The first-order valence-corrected chi connectivity index (χ1v) is 8.96. The topological polar surface area (TPSA) is 65.2 Å². The van der Waals surface area contributed by atoms with Gasteiger partial charge in [0, 0.05) is 26.7 Å². The Morgan fingerprint density at radius 1 is 1.26 bits per heavy atom. The summed E-state index contributed by atoms with van der Waals surface area (Å²) in [5.41, 5.74) is 6.32. The maximum Gasteiger partial charge on any atom is 0.250 e. The number of ether oxygens (including phenoxy) is 1. The number of fused-ring (bicyclic) bond motifs is 1. The first-order chi connectivity index (χ1) is 13.0. The van der Waals surface area contributed by atoms with E-state index in [2.05, 4.69) is 4.98 Å². The molecule has 3 aromatic rings. The summed E-state index contributed by atoms with van der Waals surface area (Å²) in [5, 5.41) is 0.763. The predicted molar refractivity (Wildman–Crippen MR) is 102 cm³/mol. The lowest BCUT2D eigenvalue weighted by Crippen LogP contribution is -2.11. The Labute approximate surface area is 159 Å². The van der Waals surface area contributed by atoms with E-state index in [4.69, 9.17) is 10.5 Å². The van der Waals surface area contributed by atoms with E-state index in [1.165, 1.54) is 17.5 Å². The van der Waals surface area contributed by atoms with Crippen LogP contribution in [-0.2, 0) is 6.61 Å². The van der Waals surface area contributed by atoms with Gasteiger partial charge in [0.2, 0.25) is 18.8 Å². The minimum Gasteiger partial charge on any atom is -0.489 e. The average Bonchev–Trinajstić information content (AvgIpc) is 2.98. The number of primary amides is 1.